The molecule has 2 aliphatic rings. The van der Waals surface area contributed by atoms with Gasteiger partial charge in [0.25, 0.3) is 0 Å². The van der Waals surface area contributed by atoms with Crippen molar-refractivity contribution in [1.82, 2.24) is 0 Å². The highest BCUT2D eigenvalue weighted by Crippen LogP contribution is 2.45. The zero-order valence-corrected chi connectivity index (χ0v) is 17.3. The lowest BCUT2D eigenvalue weighted by atomic mass is 9.67. The average molecular weight is 379 g/mol. The first kappa shape index (κ1) is 19.7. The normalized spacial score (nSPS) is 29.4. The van der Waals surface area contributed by atoms with Gasteiger partial charge < -0.3 is 0 Å². The van der Waals surface area contributed by atoms with Gasteiger partial charge in [-0.15, -0.1) is 0 Å². The SMILES string of the molecule is C[C@H](CC1CCC(C2CCC(c3ccc(F)cc3)CC2)CC1)c1ccccc1. The van der Waals surface area contributed by atoms with Crippen LogP contribution in [-0.4, -0.2) is 0 Å². The number of hydrogen-bond acceptors (Lipinski definition) is 0. The van der Waals surface area contributed by atoms with Crippen LogP contribution in [0.4, 0.5) is 4.39 Å². The molecule has 2 aromatic rings. The van der Waals surface area contributed by atoms with Gasteiger partial charge in [0.15, 0.2) is 0 Å². The summed E-state index contributed by atoms with van der Waals surface area (Å²) in [5.74, 6) is 4.04. The minimum absolute atomic E-state index is 0.115. The third-order valence-electron chi connectivity index (χ3n) is 7.73. The molecule has 150 valence electrons. The molecule has 1 heteroatoms. The minimum atomic E-state index is -0.115. The van der Waals surface area contributed by atoms with E-state index in [0.29, 0.717) is 11.8 Å². The van der Waals surface area contributed by atoms with Crippen LogP contribution < -0.4 is 0 Å². The van der Waals surface area contributed by atoms with Crippen LogP contribution in [0, 0.1) is 23.6 Å². The van der Waals surface area contributed by atoms with Gasteiger partial charge in [0.05, 0.1) is 0 Å². The van der Waals surface area contributed by atoms with E-state index >= 15 is 0 Å². The molecule has 2 saturated carbocycles. The molecule has 28 heavy (non-hydrogen) atoms. The molecule has 0 bridgehead atoms. The van der Waals surface area contributed by atoms with Gasteiger partial charge in [-0.05, 0) is 97.8 Å². The van der Waals surface area contributed by atoms with Gasteiger partial charge in [-0.25, -0.2) is 4.39 Å². The van der Waals surface area contributed by atoms with E-state index in [1.165, 1.54) is 68.9 Å². The topological polar surface area (TPSA) is 0 Å². The lowest BCUT2D eigenvalue weighted by molar-refractivity contribution is 0.154. The van der Waals surface area contributed by atoms with Crippen molar-refractivity contribution in [3.8, 4) is 0 Å². The molecule has 0 heterocycles. The highest BCUT2D eigenvalue weighted by Gasteiger charge is 2.31. The second kappa shape index (κ2) is 9.25. The van der Waals surface area contributed by atoms with E-state index in [-0.39, 0.29) is 5.82 Å². The first-order valence-corrected chi connectivity index (χ1v) is 11.5. The van der Waals surface area contributed by atoms with Crippen molar-refractivity contribution in [2.24, 2.45) is 17.8 Å². The lowest BCUT2D eigenvalue weighted by Crippen LogP contribution is -2.25. The Bertz CT molecular complexity index is 704. The van der Waals surface area contributed by atoms with Crippen molar-refractivity contribution in [1.29, 1.82) is 0 Å². The average Bonchev–Trinajstić information content (AvgIpc) is 2.76. The van der Waals surface area contributed by atoms with Crippen LogP contribution in [0.1, 0.15) is 87.7 Å². The van der Waals surface area contributed by atoms with Crippen molar-refractivity contribution in [2.45, 2.75) is 76.5 Å². The van der Waals surface area contributed by atoms with Crippen molar-refractivity contribution in [2.75, 3.05) is 0 Å². The molecule has 1 atom stereocenters. The molecule has 0 amide bonds. The molecule has 2 aromatic carbocycles. The molecule has 4 rings (SSSR count). The minimum Gasteiger partial charge on any atom is -0.207 e. The van der Waals surface area contributed by atoms with Crippen molar-refractivity contribution < 1.29 is 4.39 Å². The fourth-order valence-electron chi connectivity index (χ4n) is 5.97. The van der Waals surface area contributed by atoms with Gasteiger partial charge >= 0.3 is 0 Å². The lowest BCUT2D eigenvalue weighted by Gasteiger charge is -2.38. The zero-order valence-electron chi connectivity index (χ0n) is 17.3. The maximum atomic E-state index is 13.2. The van der Waals surface area contributed by atoms with E-state index in [1.807, 2.05) is 12.1 Å². The maximum Gasteiger partial charge on any atom is 0.123 e. The van der Waals surface area contributed by atoms with Gasteiger partial charge in [-0.3, -0.25) is 0 Å². The number of halogens is 1. The first-order chi connectivity index (χ1) is 13.7. The summed E-state index contributed by atoms with van der Waals surface area (Å²) in [4.78, 5) is 0. The van der Waals surface area contributed by atoms with Gasteiger partial charge in [0.2, 0.25) is 0 Å². The third kappa shape index (κ3) is 4.85. The van der Waals surface area contributed by atoms with E-state index < -0.39 is 0 Å². The predicted octanol–water partition coefficient (Wildman–Crippen LogP) is 8.10. The third-order valence-corrected chi connectivity index (χ3v) is 7.73. The van der Waals surface area contributed by atoms with E-state index in [2.05, 4.69) is 37.3 Å². The van der Waals surface area contributed by atoms with Crippen LogP contribution in [0.3, 0.4) is 0 Å². The van der Waals surface area contributed by atoms with Gasteiger partial charge in [-0.1, -0.05) is 62.2 Å². The van der Waals surface area contributed by atoms with Crippen molar-refractivity contribution in [3.05, 3.63) is 71.5 Å². The molecule has 2 fully saturated rings. The largest absolute Gasteiger partial charge is 0.207 e. The van der Waals surface area contributed by atoms with Crippen LogP contribution in [-0.2, 0) is 0 Å². The van der Waals surface area contributed by atoms with Crippen LogP contribution in [0.5, 0.6) is 0 Å². The highest BCUT2D eigenvalue weighted by atomic mass is 19.1. The maximum absolute atomic E-state index is 13.2. The fraction of sp³-hybridized carbons (Fsp3) is 0.556. The van der Waals surface area contributed by atoms with E-state index in [0.717, 1.165) is 17.8 Å². The summed E-state index contributed by atoms with van der Waals surface area (Å²) >= 11 is 0. The molecule has 0 radical (unpaired) electrons. The molecule has 0 saturated heterocycles. The molecule has 2 aliphatic carbocycles. The monoisotopic (exact) mass is 378 g/mol. The summed E-state index contributed by atoms with van der Waals surface area (Å²) in [6, 6.07) is 18.3. The Kier molecular flexibility index (Phi) is 6.50. The first-order valence-electron chi connectivity index (χ1n) is 11.5. The summed E-state index contributed by atoms with van der Waals surface area (Å²) < 4.78 is 13.2. The second-order valence-corrected chi connectivity index (χ2v) is 9.49. The quantitative estimate of drug-likeness (QED) is 0.493. The van der Waals surface area contributed by atoms with Gasteiger partial charge in [-0.2, -0.15) is 0 Å². The van der Waals surface area contributed by atoms with Crippen LogP contribution in [0.15, 0.2) is 54.6 Å². The Morgan fingerprint density at radius 2 is 1.32 bits per heavy atom. The van der Waals surface area contributed by atoms with Crippen LogP contribution in [0.25, 0.3) is 0 Å². The van der Waals surface area contributed by atoms with Gasteiger partial charge in [0, 0.05) is 0 Å². The number of benzene rings is 2. The number of rotatable bonds is 5. The molecular weight excluding hydrogens is 343 g/mol. The predicted molar refractivity (Wildman–Crippen MR) is 116 cm³/mol. The standard InChI is InChI=1S/C27H35F/c1-20(22-5-3-2-4-6-22)19-21-7-9-23(10-8-21)24-11-13-25(14-12-24)26-15-17-27(28)18-16-26/h2-6,15-18,20-21,23-25H,7-14,19H2,1H3/t20-,21?,23?,24?,25?/m1/s1. The summed E-state index contributed by atoms with van der Waals surface area (Å²) in [6.45, 7) is 2.40. The fourth-order valence-corrected chi connectivity index (χ4v) is 5.97. The molecule has 0 aromatic heterocycles. The summed E-state index contributed by atoms with van der Waals surface area (Å²) in [6.07, 6.45) is 12.4. The Morgan fingerprint density at radius 1 is 0.750 bits per heavy atom. The van der Waals surface area contributed by atoms with E-state index in [4.69, 9.17) is 0 Å². The van der Waals surface area contributed by atoms with E-state index in [1.54, 1.807) is 12.1 Å². The van der Waals surface area contributed by atoms with E-state index in [9.17, 15) is 4.39 Å². The van der Waals surface area contributed by atoms with Gasteiger partial charge in [0.1, 0.15) is 5.82 Å². The smallest absolute Gasteiger partial charge is 0.123 e. The van der Waals surface area contributed by atoms with Crippen LogP contribution >= 0.6 is 0 Å². The van der Waals surface area contributed by atoms with Crippen molar-refractivity contribution in [3.63, 3.8) is 0 Å². The molecule has 0 nitrogen and oxygen atoms in total. The Morgan fingerprint density at radius 3 is 1.93 bits per heavy atom. The highest BCUT2D eigenvalue weighted by molar-refractivity contribution is 5.21. The number of hydrogen-bond donors (Lipinski definition) is 0. The molecule has 0 spiro atoms. The van der Waals surface area contributed by atoms with Crippen molar-refractivity contribution >= 4 is 0 Å². The molecular formula is C27H35F. The van der Waals surface area contributed by atoms with Crippen LogP contribution in [0.2, 0.25) is 0 Å². The second-order valence-electron chi connectivity index (χ2n) is 9.49. The zero-order chi connectivity index (χ0) is 19.3. The Labute approximate surface area is 170 Å². The Hall–Kier alpha value is -1.63. The summed E-state index contributed by atoms with van der Waals surface area (Å²) in [5, 5.41) is 0. The molecule has 0 N–H and O–H groups in total. The molecule has 0 aliphatic heterocycles. The Balaban J connectivity index is 1.22. The molecule has 0 unspecified atom stereocenters. The summed E-state index contributed by atoms with van der Waals surface area (Å²) in [7, 11) is 0. The summed E-state index contributed by atoms with van der Waals surface area (Å²) in [5.41, 5.74) is 2.85.